The van der Waals surface area contributed by atoms with Crippen molar-refractivity contribution in [2.24, 2.45) is 5.10 Å². The van der Waals surface area contributed by atoms with Crippen LogP contribution in [0.2, 0.25) is 0 Å². The Morgan fingerprint density at radius 1 is 1.67 bits per heavy atom. The third-order valence-electron chi connectivity index (χ3n) is 1.03. The molecule has 1 N–H and O–H groups in total. The molecule has 60 valence electrons. The zero-order chi connectivity index (χ0) is 8.81. The molecule has 0 fully saturated rings. The van der Waals surface area contributed by atoms with Crippen LogP contribution >= 0.6 is 15.9 Å². The van der Waals surface area contributed by atoms with Crippen LogP contribution in [0.1, 0.15) is 0 Å². The Hall–Kier alpha value is -1.41. The molecule has 1 aromatic rings. The zero-order valence-electron chi connectivity index (χ0n) is 6.03. The molecule has 4 nitrogen and oxygen atoms in total. The van der Waals surface area contributed by atoms with E-state index in [0.717, 1.165) is 10.7 Å². The van der Waals surface area contributed by atoms with E-state index in [1.54, 1.807) is 18.3 Å². The van der Waals surface area contributed by atoms with Gasteiger partial charge >= 0.3 is 0 Å². The first kappa shape index (κ1) is 8.68. The van der Waals surface area contributed by atoms with Crippen LogP contribution in [0, 0.1) is 11.3 Å². The van der Waals surface area contributed by atoms with Gasteiger partial charge in [0, 0.05) is 10.7 Å². The van der Waals surface area contributed by atoms with E-state index in [2.05, 4.69) is 31.4 Å². The highest BCUT2D eigenvalue weighted by Crippen LogP contribution is 2.09. The number of rotatable bonds is 2. The molecule has 0 aliphatic carbocycles. The lowest BCUT2D eigenvalue weighted by atomic mass is 10.5. The van der Waals surface area contributed by atoms with E-state index >= 15 is 0 Å². The summed E-state index contributed by atoms with van der Waals surface area (Å²) in [6, 6.07) is 5.34. The number of halogens is 1. The molecular formula is C7H5BrN4. The van der Waals surface area contributed by atoms with Crippen molar-refractivity contribution in [1.82, 2.24) is 4.98 Å². The fraction of sp³-hybridized carbons (Fsp3) is 0. The zero-order valence-corrected chi connectivity index (χ0v) is 7.62. The standard InChI is InChI=1S/C7H5BrN4/c8-6-1-2-7(10-5-6)12-11-4-3-9/h1-2,4-5H,(H,10,12)/b11-4+. The quantitative estimate of drug-likeness (QED) is 0.616. The summed E-state index contributed by atoms with van der Waals surface area (Å²) in [4.78, 5) is 3.97. The minimum Gasteiger partial charge on any atom is -0.261 e. The van der Waals surface area contributed by atoms with Gasteiger partial charge in [0.1, 0.15) is 18.1 Å². The highest BCUT2D eigenvalue weighted by atomic mass is 79.9. The fourth-order valence-corrected chi connectivity index (χ4v) is 0.804. The lowest BCUT2D eigenvalue weighted by Gasteiger charge is -1.96. The molecule has 0 bridgehead atoms. The largest absolute Gasteiger partial charge is 0.261 e. The van der Waals surface area contributed by atoms with Crippen LogP contribution in [0.5, 0.6) is 0 Å². The van der Waals surface area contributed by atoms with Crippen molar-refractivity contribution in [1.29, 1.82) is 5.26 Å². The van der Waals surface area contributed by atoms with Crippen LogP contribution in [0.25, 0.3) is 0 Å². The van der Waals surface area contributed by atoms with E-state index in [9.17, 15) is 0 Å². The number of nitrogens with zero attached hydrogens (tertiary/aromatic N) is 3. The Bertz CT molecular complexity index is 311. The van der Waals surface area contributed by atoms with Crippen LogP contribution < -0.4 is 5.43 Å². The maximum Gasteiger partial charge on any atom is 0.146 e. The summed E-state index contributed by atoms with van der Waals surface area (Å²) >= 11 is 3.25. The topological polar surface area (TPSA) is 61.1 Å². The van der Waals surface area contributed by atoms with Crippen LogP contribution in [0.3, 0.4) is 0 Å². The number of aromatic nitrogens is 1. The number of nitriles is 1. The summed E-state index contributed by atoms with van der Waals surface area (Å²) in [5.41, 5.74) is 2.59. The summed E-state index contributed by atoms with van der Waals surface area (Å²) in [7, 11) is 0. The van der Waals surface area contributed by atoms with Crippen molar-refractivity contribution in [2.45, 2.75) is 0 Å². The van der Waals surface area contributed by atoms with Crippen LogP contribution in [-0.2, 0) is 0 Å². The molecule has 0 spiro atoms. The number of hydrogen-bond donors (Lipinski definition) is 1. The minimum atomic E-state index is 0.602. The average molecular weight is 225 g/mol. The predicted octanol–water partition coefficient (Wildman–Crippen LogP) is 1.77. The molecule has 12 heavy (non-hydrogen) atoms. The second-order valence-corrected chi connectivity index (χ2v) is 2.78. The van der Waals surface area contributed by atoms with Crippen molar-refractivity contribution in [2.75, 3.05) is 5.43 Å². The Morgan fingerprint density at radius 2 is 2.50 bits per heavy atom. The van der Waals surface area contributed by atoms with Gasteiger partial charge in [0.05, 0.1) is 0 Å². The molecule has 1 heterocycles. The van der Waals surface area contributed by atoms with Gasteiger partial charge in [0.25, 0.3) is 0 Å². The Balaban J connectivity index is 2.60. The van der Waals surface area contributed by atoms with Gasteiger partial charge < -0.3 is 0 Å². The van der Waals surface area contributed by atoms with E-state index in [1.807, 2.05) is 6.07 Å². The van der Waals surface area contributed by atoms with E-state index in [1.165, 1.54) is 0 Å². The van der Waals surface area contributed by atoms with Crippen molar-refractivity contribution in [3.63, 3.8) is 0 Å². The van der Waals surface area contributed by atoms with Gasteiger partial charge in [-0.05, 0) is 28.1 Å². The van der Waals surface area contributed by atoms with Crippen molar-refractivity contribution in [3.8, 4) is 6.07 Å². The Kier molecular flexibility index (Phi) is 3.23. The first-order chi connectivity index (χ1) is 5.83. The van der Waals surface area contributed by atoms with Crippen molar-refractivity contribution < 1.29 is 0 Å². The second-order valence-electron chi connectivity index (χ2n) is 1.86. The van der Waals surface area contributed by atoms with Crippen molar-refractivity contribution in [3.05, 3.63) is 22.8 Å². The fourth-order valence-electron chi connectivity index (χ4n) is 0.569. The molecule has 0 aliphatic rings. The molecule has 0 amide bonds. The van der Waals surface area contributed by atoms with Crippen LogP contribution in [0.4, 0.5) is 5.82 Å². The van der Waals surface area contributed by atoms with Crippen molar-refractivity contribution >= 4 is 28.0 Å². The van der Waals surface area contributed by atoms with Gasteiger partial charge in [-0.2, -0.15) is 10.4 Å². The maximum absolute atomic E-state index is 8.12. The third-order valence-corrected chi connectivity index (χ3v) is 1.50. The number of nitrogens with one attached hydrogen (secondary N) is 1. The minimum absolute atomic E-state index is 0.602. The predicted molar refractivity (Wildman–Crippen MR) is 49.7 cm³/mol. The van der Waals surface area contributed by atoms with Crippen LogP contribution in [0.15, 0.2) is 27.9 Å². The molecular weight excluding hydrogens is 220 g/mol. The smallest absolute Gasteiger partial charge is 0.146 e. The molecule has 0 aliphatic heterocycles. The van der Waals surface area contributed by atoms with E-state index in [-0.39, 0.29) is 0 Å². The summed E-state index contributed by atoms with van der Waals surface area (Å²) in [5, 5.41) is 11.7. The normalized spacial score (nSPS) is 9.67. The monoisotopic (exact) mass is 224 g/mol. The summed E-state index contributed by atoms with van der Waals surface area (Å²) in [6.45, 7) is 0. The van der Waals surface area contributed by atoms with Gasteiger partial charge in [0.2, 0.25) is 0 Å². The molecule has 1 aromatic heterocycles. The number of anilines is 1. The van der Waals surface area contributed by atoms with Gasteiger partial charge in [-0.15, -0.1) is 0 Å². The number of hydrogen-bond acceptors (Lipinski definition) is 4. The van der Waals surface area contributed by atoms with Crippen LogP contribution in [-0.4, -0.2) is 11.2 Å². The summed E-state index contributed by atoms with van der Waals surface area (Å²) in [5.74, 6) is 0.602. The number of pyridine rings is 1. The molecule has 0 aromatic carbocycles. The molecule has 0 unspecified atom stereocenters. The van der Waals surface area contributed by atoms with E-state index < -0.39 is 0 Å². The molecule has 1 rings (SSSR count). The first-order valence-corrected chi connectivity index (χ1v) is 3.91. The highest BCUT2D eigenvalue weighted by molar-refractivity contribution is 9.10. The molecule has 0 saturated carbocycles. The molecule has 0 atom stereocenters. The van der Waals surface area contributed by atoms with E-state index in [0.29, 0.717) is 5.82 Å². The Labute approximate surface area is 78.1 Å². The van der Waals surface area contributed by atoms with E-state index in [4.69, 9.17) is 5.26 Å². The lowest BCUT2D eigenvalue weighted by molar-refractivity contribution is 1.22. The van der Waals surface area contributed by atoms with Gasteiger partial charge in [-0.1, -0.05) is 0 Å². The van der Waals surface area contributed by atoms with Gasteiger partial charge in [0.15, 0.2) is 0 Å². The average Bonchev–Trinajstić information content (AvgIpc) is 2.09. The molecule has 0 saturated heterocycles. The Morgan fingerprint density at radius 3 is 3.08 bits per heavy atom. The number of hydrazone groups is 1. The first-order valence-electron chi connectivity index (χ1n) is 3.11. The second kappa shape index (κ2) is 4.46. The van der Waals surface area contributed by atoms with Gasteiger partial charge in [-0.25, -0.2) is 4.98 Å². The SMILES string of the molecule is N#C/C=N/Nc1ccc(Br)cn1. The summed E-state index contributed by atoms with van der Waals surface area (Å²) in [6.07, 6.45) is 2.74. The summed E-state index contributed by atoms with van der Waals surface area (Å²) < 4.78 is 0.900. The highest BCUT2D eigenvalue weighted by Gasteiger charge is 1.89. The maximum atomic E-state index is 8.12. The molecule has 5 heteroatoms. The van der Waals surface area contributed by atoms with Gasteiger partial charge in [-0.3, -0.25) is 5.43 Å². The third kappa shape index (κ3) is 2.68. The lowest BCUT2D eigenvalue weighted by Crippen LogP contribution is -1.90. The molecule has 0 radical (unpaired) electrons.